The molecule has 114 valence electrons. The molecule has 1 aromatic heterocycles. The zero-order valence-electron chi connectivity index (χ0n) is 12.3. The maximum absolute atomic E-state index is 10.7. The molecule has 1 atom stereocenters. The van der Waals surface area contributed by atoms with Gasteiger partial charge >= 0.3 is 0 Å². The number of aromatic nitrogens is 2. The number of benzene rings is 1. The Labute approximate surface area is 131 Å². The molecular weight excluding hydrogens is 340 g/mol. The zero-order valence-corrected chi connectivity index (χ0v) is 13.8. The summed E-state index contributed by atoms with van der Waals surface area (Å²) in [5.41, 5.74) is 1.19. The van der Waals surface area contributed by atoms with Crippen LogP contribution in [-0.4, -0.2) is 36.2 Å². The predicted octanol–water partition coefficient (Wildman–Crippen LogP) is 2.29. The summed E-state index contributed by atoms with van der Waals surface area (Å²) in [6, 6.07) is 3.47. The van der Waals surface area contributed by atoms with Crippen LogP contribution < -0.4 is 14.2 Å². The number of aryl methyl sites for hydroxylation is 1. The van der Waals surface area contributed by atoms with Gasteiger partial charge in [-0.2, -0.15) is 5.10 Å². The van der Waals surface area contributed by atoms with E-state index in [2.05, 4.69) is 21.0 Å². The molecule has 1 unspecified atom stereocenters. The molecule has 21 heavy (non-hydrogen) atoms. The summed E-state index contributed by atoms with van der Waals surface area (Å²) < 4.78 is 18.0. The molecule has 0 bridgehead atoms. The minimum absolute atomic E-state index is 0.520. The predicted molar refractivity (Wildman–Crippen MR) is 81.1 cm³/mol. The fraction of sp³-hybridized carbons (Fsp3) is 0.357. The van der Waals surface area contributed by atoms with E-state index in [-0.39, 0.29) is 0 Å². The smallest absolute Gasteiger partial charge is 0.162 e. The first-order valence-electron chi connectivity index (χ1n) is 6.18. The number of hydrogen-bond acceptors (Lipinski definition) is 5. The molecule has 0 saturated carbocycles. The molecule has 0 amide bonds. The van der Waals surface area contributed by atoms with Gasteiger partial charge in [0.1, 0.15) is 11.8 Å². The van der Waals surface area contributed by atoms with Gasteiger partial charge in [-0.1, -0.05) is 15.9 Å². The molecule has 6 nitrogen and oxygen atoms in total. The van der Waals surface area contributed by atoms with Gasteiger partial charge in [-0.15, -0.1) is 0 Å². The summed E-state index contributed by atoms with van der Waals surface area (Å²) in [6.45, 7) is 0. The molecule has 2 aromatic rings. The van der Waals surface area contributed by atoms with Crippen LogP contribution in [0.25, 0.3) is 0 Å². The summed E-state index contributed by atoms with van der Waals surface area (Å²) >= 11 is 3.44. The van der Waals surface area contributed by atoms with Crippen molar-refractivity contribution >= 4 is 15.9 Å². The second kappa shape index (κ2) is 6.36. The Morgan fingerprint density at radius 1 is 1.10 bits per heavy atom. The number of hydrogen-bond donors (Lipinski definition) is 1. The summed E-state index contributed by atoms with van der Waals surface area (Å²) in [4.78, 5) is 0. The number of aliphatic hydroxyl groups excluding tert-OH is 1. The van der Waals surface area contributed by atoms with E-state index in [0.717, 1.165) is 0 Å². The van der Waals surface area contributed by atoms with E-state index < -0.39 is 6.10 Å². The Bertz CT molecular complexity index is 642. The Kier molecular flexibility index (Phi) is 4.74. The van der Waals surface area contributed by atoms with Gasteiger partial charge in [0.05, 0.1) is 27.5 Å². The maximum atomic E-state index is 10.7. The second-order valence-electron chi connectivity index (χ2n) is 4.35. The van der Waals surface area contributed by atoms with E-state index in [1.165, 1.54) is 7.11 Å². The third-order valence-electron chi connectivity index (χ3n) is 3.23. The molecule has 0 radical (unpaired) electrons. The van der Waals surface area contributed by atoms with Crippen molar-refractivity contribution in [1.29, 1.82) is 0 Å². The Balaban J connectivity index is 2.52. The van der Waals surface area contributed by atoms with Crippen LogP contribution in [-0.2, 0) is 7.05 Å². The Morgan fingerprint density at radius 3 is 2.24 bits per heavy atom. The molecule has 0 saturated heterocycles. The van der Waals surface area contributed by atoms with Gasteiger partial charge < -0.3 is 19.3 Å². The lowest BCUT2D eigenvalue weighted by molar-refractivity contribution is 0.203. The summed E-state index contributed by atoms with van der Waals surface area (Å²) in [5, 5.41) is 14.8. The topological polar surface area (TPSA) is 65.7 Å². The molecule has 2 rings (SSSR count). The molecule has 0 aliphatic carbocycles. The van der Waals surface area contributed by atoms with Crippen molar-refractivity contribution < 1.29 is 19.3 Å². The van der Waals surface area contributed by atoms with Crippen LogP contribution in [0.3, 0.4) is 0 Å². The number of ether oxygens (including phenoxy) is 3. The van der Waals surface area contributed by atoms with Crippen molar-refractivity contribution in [3.63, 3.8) is 0 Å². The largest absolute Gasteiger partial charge is 0.493 e. The average molecular weight is 357 g/mol. The minimum Gasteiger partial charge on any atom is -0.493 e. The van der Waals surface area contributed by atoms with Crippen LogP contribution >= 0.6 is 15.9 Å². The van der Waals surface area contributed by atoms with Crippen molar-refractivity contribution in [3.05, 3.63) is 34.1 Å². The van der Waals surface area contributed by atoms with Gasteiger partial charge in [-0.3, -0.25) is 4.68 Å². The monoisotopic (exact) mass is 356 g/mol. The highest BCUT2D eigenvalue weighted by Crippen LogP contribution is 2.39. The highest BCUT2D eigenvalue weighted by Gasteiger charge is 2.24. The third kappa shape index (κ3) is 2.84. The van der Waals surface area contributed by atoms with Gasteiger partial charge in [-0.05, 0) is 12.1 Å². The Morgan fingerprint density at radius 2 is 1.67 bits per heavy atom. The normalized spacial score (nSPS) is 12.1. The lowest BCUT2D eigenvalue weighted by Crippen LogP contribution is -2.09. The van der Waals surface area contributed by atoms with Crippen molar-refractivity contribution in [3.8, 4) is 17.2 Å². The number of rotatable bonds is 5. The highest BCUT2D eigenvalue weighted by atomic mass is 79.9. The van der Waals surface area contributed by atoms with E-state index in [1.807, 2.05) is 0 Å². The first-order valence-corrected chi connectivity index (χ1v) is 6.98. The molecule has 0 aliphatic heterocycles. The van der Waals surface area contributed by atoms with Crippen molar-refractivity contribution in [1.82, 2.24) is 9.78 Å². The minimum atomic E-state index is -0.915. The summed E-state index contributed by atoms with van der Waals surface area (Å²) in [5.74, 6) is 1.64. The van der Waals surface area contributed by atoms with Crippen LogP contribution in [0.5, 0.6) is 17.2 Å². The van der Waals surface area contributed by atoms with Crippen molar-refractivity contribution in [2.24, 2.45) is 7.05 Å². The number of aliphatic hydroxyl groups is 1. The molecule has 0 aliphatic rings. The van der Waals surface area contributed by atoms with Gasteiger partial charge in [0.2, 0.25) is 0 Å². The second-order valence-corrected chi connectivity index (χ2v) is 5.21. The number of nitrogens with zero attached hydrogens (tertiary/aromatic N) is 2. The number of halogens is 1. The third-order valence-corrected chi connectivity index (χ3v) is 3.91. The van der Waals surface area contributed by atoms with Crippen LogP contribution in [0.15, 0.2) is 22.8 Å². The summed E-state index contributed by atoms with van der Waals surface area (Å²) in [6.07, 6.45) is 0.648. The average Bonchev–Trinajstić information content (AvgIpc) is 2.87. The lowest BCUT2D eigenvalue weighted by atomic mass is 10.1. The quantitative estimate of drug-likeness (QED) is 0.890. The molecule has 0 fully saturated rings. The van der Waals surface area contributed by atoms with Crippen LogP contribution in [0.4, 0.5) is 0 Å². The van der Waals surface area contributed by atoms with Crippen molar-refractivity contribution in [2.45, 2.75) is 6.10 Å². The van der Waals surface area contributed by atoms with E-state index >= 15 is 0 Å². The van der Waals surface area contributed by atoms with E-state index in [4.69, 9.17) is 14.2 Å². The fourth-order valence-corrected chi connectivity index (χ4v) is 2.66. The molecule has 1 heterocycles. The molecule has 7 heteroatoms. The van der Waals surface area contributed by atoms with E-state index in [1.54, 1.807) is 44.3 Å². The standard InChI is InChI=1S/C14H17BrN2O4/c1-17-13(12(21-4)7-16-17)14(18)8-5-10(19-2)11(20-3)6-9(8)15/h5-7,14,18H,1-4H3. The van der Waals surface area contributed by atoms with E-state index in [0.29, 0.717) is 33.0 Å². The lowest BCUT2D eigenvalue weighted by Gasteiger charge is -2.17. The van der Waals surface area contributed by atoms with Gasteiger partial charge in [0, 0.05) is 17.1 Å². The maximum Gasteiger partial charge on any atom is 0.162 e. The molecule has 1 aromatic carbocycles. The summed E-state index contributed by atoms with van der Waals surface area (Å²) in [7, 11) is 6.39. The first kappa shape index (κ1) is 15.7. The highest BCUT2D eigenvalue weighted by molar-refractivity contribution is 9.10. The molecule has 1 N–H and O–H groups in total. The van der Waals surface area contributed by atoms with Crippen LogP contribution in [0.1, 0.15) is 17.4 Å². The first-order chi connectivity index (χ1) is 10.0. The molecular formula is C14H17BrN2O4. The Hall–Kier alpha value is -1.73. The van der Waals surface area contributed by atoms with Crippen LogP contribution in [0.2, 0.25) is 0 Å². The van der Waals surface area contributed by atoms with Gasteiger partial charge in [0.15, 0.2) is 17.2 Å². The van der Waals surface area contributed by atoms with Gasteiger partial charge in [0.25, 0.3) is 0 Å². The van der Waals surface area contributed by atoms with Crippen LogP contribution in [0, 0.1) is 0 Å². The van der Waals surface area contributed by atoms with E-state index in [9.17, 15) is 5.11 Å². The van der Waals surface area contributed by atoms with Crippen molar-refractivity contribution in [2.75, 3.05) is 21.3 Å². The zero-order chi connectivity index (χ0) is 15.6. The van der Waals surface area contributed by atoms with Gasteiger partial charge in [-0.25, -0.2) is 0 Å². The molecule has 0 spiro atoms. The SMILES string of the molecule is COc1cc(Br)c(C(O)c2c(OC)cnn2C)cc1OC. The fourth-order valence-electron chi connectivity index (χ4n) is 2.12. The number of methoxy groups -OCH3 is 3.